The Morgan fingerprint density at radius 3 is 2.35 bits per heavy atom. The van der Waals surface area contributed by atoms with Crippen LogP contribution in [0.25, 0.3) is 0 Å². The molecule has 0 saturated heterocycles. The number of hydrogen-bond acceptors (Lipinski definition) is 2. The molecule has 1 aromatic heterocycles. The van der Waals surface area contributed by atoms with Crippen molar-refractivity contribution >= 4 is 0 Å². The molecule has 110 valence electrons. The molecule has 2 nitrogen and oxygen atoms in total. The van der Waals surface area contributed by atoms with Crippen molar-refractivity contribution in [1.29, 1.82) is 0 Å². The number of hydrogen-bond donors (Lipinski definition) is 1. The summed E-state index contributed by atoms with van der Waals surface area (Å²) in [5.74, 6) is 3.04. The summed E-state index contributed by atoms with van der Waals surface area (Å²) in [6.45, 7) is 3.39. The van der Waals surface area contributed by atoms with E-state index in [9.17, 15) is 0 Å². The van der Waals surface area contributed by atoms with Crippen LogP contribution in [0.15, 0.2) is 23.0 Å². The van der Waals surface area contributed by atoms with Gasteiger partial charge in [0.25, 0.3) is 0 Å². The van der Waals surface area contributed by atoms with Gasteiger partial charge in [-0.25, -0.2) is 0 Å². The van der Waals surface area contributed by atoms with Crippen molar-refractivity contribution in [3.8, 4) is 0 Å². The van der Waals surface area contributed by atoms with Gasteiger partial charge < -0.3 is 9.73 Å². The monoisotopic (exact) mass is 273 g/mol. The first-order valence-electron chi connectivity index (χ1n) is 8.54. The molecule has 4 aliphatic carbocycles. The first-order valence-corrected chi connectivity index (χ1v) is 8.54. The van der Waals surface area contributed by atoms with Gasteiger partial charge in [0, 0.05) is 11.6 Å². The number of rotatable bonds is 5. The standard InChI is InChI=1S/C18H27NO/c1-2-4-19-17(16-3-5-20-12-16)18-9-13-6-14(10-18)8-15(7-13)11-18/h3,5,12-15,17,19H,2,4,6-11H2,1H3. The lowest BCUT2D eigenvalue weighted by atomic mass is 9.47. The van der Waals surface area contributed by atoms with Crippen LogP contribution < -0.4 is 5.32 Å². The molecule has 1 unspecified atom stereocenters. The predicted octanol–water partition coefficient (Wildman–Crippen LogP) is 4.54. The third-order valence-electron chi connectivity index (χ3n) is 6.17. The van der Waals surface area contributed by atoms with Gasteiger partial charge in [0.05, 0.1) is 12.5 Å². The largest absolute Gasteiger partial charge is 0.472 e. The highest BCUT2D eigenvalue weighted by Gasteiger charge is 2.54. The third kappa shape index (κ3) is 2.04. The zero-order chi connectivity index (χ0) is 13.6. The molecule has 4 saturated carbocycles. The van der Waals surface area contributed by atoms with E-state index in [0.717, 1.165) is 24.3 Å². The van der Waals surface area contributed by atoms with E-state index in [1.807, 2.05) is 12.5 Å². The molecule has 4 aliphatic rings. The van der Waals surface area contributed by atoms with Crippen LogP contribution in [0.2, 0.25) is 0 Å². The Kier molecular flexibility index (Phi) is 3.17. The molecule has 0 amide bonds. The van der Waals surface area contributed by atoms with Gasteiger partial charge in [-0.05, 0) is 80.7 Å². The normalized spacial score (nSPS) is 40.1. The average Bonchev–Trinajstić information content (AvgIpc) is 2.91. The SMILES string of the molecule is CCCNC(c1ccoc1)C12CC3CC(CC(C3)C1)C2. The van der Waals surface area contributed by atoms with Crippen LogP contribution in [0.5, 0.6) is 0 Å². The van der Waals surface area contributed by atoms with Crippen LogP contribution >= 0.6 is 0 Å². The Balaban J connectivity index is 1.65. The minimum atomic E-state index is 0.522. The molecule has 20 heavy (non-hydrogen) atoms. The first kappa shape index (κ1) is 12.9. The van der Waals surface area contributed by atoms with Gasteiger partial charge in [0.1, 0.15) is 0 Å². The summed E-state index contributed by atoms with van der Waals surface area (Å²) < 4.78 is 5.40. The van der Waals surface area contributed by atoms with Gasteiger partial charge >= 0.3 is 0 Å². The Labute approximate surface area is 122 Å². The van der Waals surface area contributed by atoms with Crippen molar-refractivity contribution in [2.45, 2.75) is 57.9 Å². The van der Waals surface area contributed by atoms with E-state index >= 15 is 0 Å². The molecule has 4 bridgehead atoms. The fourth-order valence-corrected chi connectivity index (χ4v) is 5.95. The zero-order valence-corrected chi connectivity index (χ0v) is 12.6. The van der Waals surface area contributed by atoms with E-state index < -0.39 is 0 Å². The summed E-state index contributed by atoms with van der Waals surface area (Å²) in [5.41, 5.74) is 1.91. The lowest BCUT2D eigenvalue weighted by Gasteiger charge is -2.59. The highest BCUT2D eigenvalue weighted by Crippen LogP contribution is 2.64. The van der Waals surface area contributed by atoms with Crippen molar-refractivity contribution in [3.63, 3.8) is 0 Å². The molecule has 1 atom stereocenters. The molecule has 0 aromatic carbocycles. The average molecular weight is 273 g/mol. The maximum Gasteiger partial charge on any atom is 0.0950 e. The van der Waals surface area contributed by atoms with E-state index in [2.05, 4.69) is 18.3 Å². The second kappa shape index (κ2) is 4.91. The topological polar surface area (TPSA) is 25.2 Å². The highest BCUT2D eigenvalue weighted by atomic mass is 16.3. The molecule has 4 fully saturated rings. The van der Waals surface area contributed by atoms with Crippen LogP contribution in [0, 0.1) is 23.2 Å². The summed E-state index contributed by atoms with van der Waals surface area (Å²) in [6.07, 6.45) is 13.9. The van der Waals surface area contributed by atoms with Crippen molar-refractivity contribution in [1.82, 2.24) is 5.32 Å². The summed E-state index contributed by atoms with van der Waals surface area (Å²) in [4.78, 5) is 0. The minimum Gasteiger partial charge on any atom is -0.472 e. The van der Waals surface area contributed by atoms with E-state index in [1.54, 1.807) is 0 Å². The number of nitrogens with one attached hydrogen (secondary N) is 1. The van der Waals surface area contributed by atoms with Crippen LogP contribution in [0.1, 0.15) is 63.5 Å². The second-order valence-corrected chi connectivity index (χ2v) is 7.72. The first-order chi connectivity index (χ1) is 9.79. The van der Waals surface area contributed by atoms with Gasteiger partial charge in [0.2, 0.25) is 0 Å². The Morgan fingerprint density at radius 2 is 1.85 bits per heavy atom. The molecular weight excluding hydrogens is 246 g/mol. The van der Waals surface area contributed by atoms with Crippen LogP contribution in [0.4, 0.5) is 0 Å². The predicted molar refractivity (Wildman–Crippen MR) is 80.3 cm³/mol. The van der Waals surface area contributed by atoms with Crippen LogP contribution in [-0.4, -0.2) is 6.54 Å². The van der Waals surface area contributed by atoms with Gasteiger partial charge in [-0.2, -0.15) is 0 Å². The van der Waals surface area contributed by atoms with Crippen molar-refractivity contribution in [2.24, 2.45) is 23.2 Å². The molecule has 5 rings (SSSR count). The van der Waals surface area contributed by atoms with Crippen LogP contribution in [0.3, 0.4) is 0 Å². The lowest BCUT2D eigenvalue weighted by molar-refractivity contribution is -0.0749. The second-order valence-electron chi connectivity index (χ2n) is 7.72. The molecule has 0 spiro atoms. The maximum atomic E-state index is 5.40. The quantitative estimate of drug-likeness (QED) is 0.852. The molecule has 2 heteroatoms. The number of furan rings is 1. The van der Waals surface area contributed by atoms with Crippen LogP contribution in [-0.2, 0) is 0 Å². The Morgan fingerprint density at radius 1 is 1.20 bits per heavy atom. The fourth-order valence-electron chi connectivity index (χ4n) is 5.95. The smallest absolute Gasteiger partial charge is 0.0950 e. The summed E-state index contributed by atoms with van der Waals surface area (Å²) in [6, 6.07) is 2.71. The molecule has 1 aromatic rings. The fraction of sp³-hybridized carbons (Fsp3) is 0.778. The summed E-state index contributed by atoms with van der Waals surface area (Å²) >= 11 is 0. The maximum absolute atomic E-state index is 5.40. The summed E-state index contributed by atoms with van der Waals surface area (Å²) in [7, 11) is 0. The highest BCUT2D eigenvalue weighted by molar-refractivity contribution is 5.19. The molecule has 1 N–H and O–H groups in total. The van der Waals surface area contributed by atoms with E-state index in [4.69, 9.17) is 4.42 Å². The molecule has 0 aliphatic heterocycles. The minimum absolute atomic E-state index is 0.522. The molecule has 1 heterocycles. The van der Waals surface area contributed by atoms with Crippen molar-refractivity contribution < 1.29 is 4.42 Å². The van der Waals surface area contributed by atoms with Crippen molar-refractivity contribution in [3.05, 3.63) is 24.2 Å². The van der Waals surface area contributed by atoms with Crippen molar-refractivity contribution in [2.75, 3.05) is 6.54 Å². The lowest BCUT2D eigenvalue weighted by Crippen LogP contribution is -2.52. The Hall–Kier alpha value is -0.760. The molecule has 0 radical (unpaired) electrons. The van der Waals surface area contributed by atoms with Gasteiger partial charge in [-0.15, -0.1) is 0 Å². The van der Waals surface area contributed by atoms with Gasteiger partial charge in [-0.1, -0.05) is 6.92 Å². The van der Waals surface area contributed by atoms with Gasteiger partial charge in [0.15, 0.2) is 0 Å². The van der Waals surface area contributed by atoms with E-state index in [1.165, 1.54) is 50.5 Å². The third-order valence-corrected chi connectivity index (χ3v) is 6.17. The zero-order valence-electron chi connectivity index (χ0n) is 12.6. The Bertz CT molecular complexity index is 415. The van der Waals surface area contributed by atoms with E-state index in [0.29, 0.717) is 11.5 Å². The summed E-state index contributed by atoms with van der Waals surface area (Å²) in [5, 5.41) is 3.87. The van der Waals surface area contributed by atoms with Gasteiger partial charge in [-0.3, -0.25) is 0 Å². The molecular formula is C18H27NO. The van der Waals surface area contributed by atoms with E-state index in [-0.39, 0.29) is 0 Å².